The Morgan fingerprint density at radius 1 is 1.50 bits per heavy atom. The molecule has 0 aliphatic carbocycles. The molecule has 0 saturated carbocycles. The number of benzene rings is 1. The summed E-state index contributed by atoms with van der Waals surface area (Å²) in [4.78, 5) is 0. The summed E-state index contributed by atoms with van der Waals surface area (Å²) >= 11 is 0. The Labute approximate surface area is 94.3 Å². The molecule has 2 rings (SSSR count). The summed E-state index contributed by atoms with van der Waals surface area (Å²) in [6.07, 6.45) is 0. The summed E-state index contributed by atoms with van der Waals surface area (Å²) in [5.41, 5.74) is 0.400. The molecule has 1 aromatic rings. The number of methoxy groups -OCH3 is 1. The third-order valence-electron chi connectivity index (χ3n) is 2.46. The zero-order valence-corrected chi connectivity index (χ0v) is 9.32. The van der Waals surface area contributed by atoms with Crippen LogP contribution in [0.3, 0.4) is 0 Å². The number of nitrogens with zero attached hydrogens (tertiary/aromatic N) is 1. The molecule has 1 unspecified atom stereocenters. The van der Waals surface area contributed by atoms with Crippen molar-refractivity contribution in [3.8, 4) is 17.6 Å². The fourth-order valence-corrected chi connectivity index (χ4v) is 1.29. The van der Waals surface area contributed by atoms with Crippen LogP contribution < -0.4 is 9.47 Å². The van der Waals surface area contributed by atoms with Crippen LogP contribution >= 0.6 is 0 Å². The van der Waals surface area contributed by atoms with Crippen LogP contribution in [0.2, 0.25) is 0 Å². The van der Waals surface area contributed by atoms with Crippen molar-refractivity contribution in [2.75, 3.05) is 20.3 Å². The standard InChI is InChI=1S/C12H13NO3/c1-12(8-16-12)7-15-10-4-3-9(6-13)5-11(10)14-2/h3-5H,7-8H2,1-2H3. The fraction of sp³-hybridized carbons (Fsp3) is 0.417. The smallest absolute Gasteiger partial charge is 0.162 e. The monoisotopic (exact) mass is 219 g/mol. The Bertz CT molecular complexity index is 432. The van der Waals surface area contributed by atoms with E-state index in [2.05, 4.69) is 6.07 Å². The van der Waals surface area contributed by atoms with Gasteiger partial charge < -0.3 is 14.2 Å². The topological polar surface area (TPSA) is 54.8 Å². The van der Waals surface area contributed by atoms with Gasteiger partial charge in [0.2, 0.25) is 0 Å². The highest BCUT2D eigenvalue weighted by molar-refractivity contribution is 5.46. The third-order valence-corrected chi connectivity index (χ3v) is 2.46. The second-order valence-electron chi connectivity index (χ2n) is 4.00. The highest BCUT2D eigenvalue weighted by Crippen LogP contribution is 2.31. The molecule has 1 aliphatic rings. The first-order valence-corrected chi connectivity index (χ1v) is 5.02. The van der Waals surface area contributed by atoms with Gasteiger partial charge in [-0.15, -0.1) is 0 Å². The van der Waals surface area contributed by atoms with Crippen LogP contribution in [-0.4, -0.2) is 25.9 Å². The van der Waals surface area contributed by atoms with E-state index in [0.29, 0.717) is 23.7 Å². The molecular weight excluding hydrogens is 206 g/mol. The van der Waals surface area contributed by atoms with Crippen molar-refractivity contribution < 1.29 is 14.2 Å². The molecular formula is C12H13NO3. The molecule has 0 bridgehead atoms. The zero-order chi connectivity index (χ0) is 11.6. The maximum Gasteiger partial charge on any atom is 0.162 e. The molecule has 0 aromatic heterocycles. The molecule has 0 N–H and O–H groups in total. The van der Waals surface area contributed by atoms with Crippen LogP contribution in [0.25, 0.3) is 0 Å². The Kier molecular flexibility index (Phi) is 2.71. The molecule has 1 fully saturated rings. The number of hydrogen-bond acceptors (Lipinski definition) is 4. The molecule has 0 amide bonds. The molecule has 0 spiro atoms. The molecule has 84 valence electrons. The number of nitriles is 1. The number of rotatable bonds is 4. The predicted molar refractivity (Wildman–Crippen MR) is 57.6 cm³/mol. The van der Waals surface area contributed by atoms with Crippen molar-refractivity contribution >= 4 is 0 Å². The van der Waals surface area contributed by atoms with Crippen LogP contribution in [0.4, 0.5) is 0 Å². The van der Waals surface area contributed by atoms with Gasteiger partial charge in [0.05, 0.1) is 25.3 Å². The highest BCUT2D eigenvalue weighted by Gasteiger charge is 2.40. The van der Waals surface area contributed by atoms with Crippen LogP contribution in [0.5, 0.6) is 11.5 Å². The van der Waals surface area contributed by atoms with E-state index in [4.69, 9.17) is 19.5 Å². The van der Waals surface area contributed by atoms with Crippen LogP contribution in [0.1, 0.15) is 12.5 Å². The molecule has 4 heteroatoms. The summed E-state index contributed by atoms with van der Waals surface area (Å²) in [7, 11) is 1.55. The quantitative estimate of drug-likeness (QED) is 0.724. The molecule has 4 nitrogen and oxygen atoms in total. The number of ether oxygens (including phenoxy) is 3. The zero-order valence-electron chi connectivity index (χ0n) is 9.32. The summed E-state index contributed by atoms with van der Waals surface area (Å²) in [5.74, 6) is 1.21. The minimum Gasteiger partial charge on any atom is -0.493 e. The van der Waals surface area contributed by atoms with Gasteiger partial charge in [-0.1, -0.05) is 0 Å². The second-order valence-corrected chi connectivity index (χ2v) is 4.00. The molecule has 16 heavy (non-hydrogen) atoms. The lowest BCUT2D eigenvalue weighted by Crippen LogP contribution is -2.17. The second kappa shape index (κ2) is 4.03. The Balaban J connectivity index is 2.10. The first-order chi connectivity index (χ1) is 7.67. The van der Waals surface area contributed by atoms with Gasteiger partial charge in [-0.05, 0) is 19.1 Å². The van der Waals surface area contributed by atoms with Crippen molar-refractivity contribution in [2.24, 2.45) is 0 Å². The lowest BCUT2D eigenvalue weighted by molar-refractivity contribution is 0.197. The molecule has 1 aromatic carbocycles. The average Bonchev–Trinajstić information content (AvgIpc) is 3.05. The van der Waals surface area contributed by atoms with Crippen LogP contribution in [-0.2, 0) is 4.74 Å². The third kappa shape index (κ3) is 2.26. The number of epoxide rings is 1. The van der Waals surface area contributed by atoms with Crippen LogP contribution in [0, 0.1) is 11.3 Å². The largest absolute Gasteiger partial charge is 0.493 e. The SMILES string of the molecule is COc1cc(C#N)ccc1OCC1(C)CO1. The molecule has 1 heterocycles. The summed E-state index contributed by atoms with van der Waals surface area (Å²) in [6, 6.07) is 7.15. The molecule has 1 atom stereocenters. The normalized spacial score (nSPS) is 22.3. The lowest BCUT2D eigenvalue weighted by atomic mass is 10.2. The van der Waals surface area contributed by atoms with Crippen molar-refractivity contribution in [3.05, 3.63) is 23.8 Å². The summed E-state index contributed by atoms with van der Waals surface area (Å²) in [5, 5.41) is 8.75. The molecule has 0 radical (unpaired) electrons. The first kappa shape index (κ1) is 10.8. The minimum atomic E-state index is -0.154. The van der Waals surface area contributed by atoms with Crippen molar-refractivity contribution in [1.82, 2.24) is 0 Å². The van der Waals surface area contributed by atoms with E-state index in [9.17, 15) is 0 Å². The van der Waals surface area contributed by atoms with E-state index in [1.54, 1.807) is 25.3 Å². The maximum atomic E-state index is 8.75. The molecule has 1 saturated heterocycles. The van der Waals surface area contributed by atoms with Gasteiger partial charge in [-0.2, -0.15) is 5.26 Å². The number of hydrogen-bond donors (Lipinski definition) is 0. The van der Waals surface area contributed by atoms with E-state index in [-0.39, 0.29) is 5.60 Å². The lowest BCUT2D eigenvalue weighted by Gasteiger charge is -2.12. The van der Waals surface area contributed by atoms with E-state index >= 15 is 0 Å². The Hall–Kier alpha value is -1.73. The van der Waals surface area contributed by atoms with E-state index in [1.807, 2.05) is 6.92 Å². The van der Waals surface area contributed by atoms with Gasteiger partial charge >= 0.3 is 0 Å². The Morgan fingerprint density at radius 2 is 2.25 bits per heavy atom. The maximum absolute atomic E-state index is 8.75. The molecule has 1 aliphatic heterocycles. The van der Waals surface area contributed by atoms with E-state index < -0.39 is 0 Å². The van der Waals surface area contributed by atoms with Crippen molar-refractivity contribution in [3.63, 3.8) is 0 Å². The van der Waals surface area contributed by atoms with Crippen molar-refractivity contribution in [1.29, 1.82) is 5.26 Å². The minimum absolute atomic E-state index is 0.154. The van der Waals surface area contributed by atoms with E-state index in [0.717, 1.165) is 6.61 Å². The highest BCUT2D eigenvalue weighted by atomic mass is 16.6. The fourth-order valence-electron chi connectivity index (χ4n) is 1.29. The summed E-state index contributed by atoms with van der Waals surface area (Å²) < 4.78 is 16.0. The van der Waals surface area contributed by atoms with Gasteiger partial charge in [0.25, 0.3) is 0 Å². The predicted octanol–water partition coefficient (Wildman–Crippen LogP) is 1.73. The van der Waals surface area contributed by atoms with Gasteiger partial charge in [0.1, 0.15) is 12.2 Å². The van der Waals surface area contributed by atoms with Gasteiger partial charge in [-0.25, -0.2) is 0 Å². The summed E-state index contributed by atoms with van der Waals surface area (Å²) in [6.45, 7) is 3.21. The first-order valence-electron chi connectivity index (χ1n) is 5.02. The van der Waals surface area contributed by atoms with Crippen LogP contribution in [0.15, 0.2) is 18.2 Å². The Morgan fingerprint density at radius 3 is 2.81 bits per heavy atom. The van der Waals surface area contributed by atoms with Gasteiger partial charge in [0.15, 0.2) is 11.5 Å². The van der Waals surface area contributed by atoms with E-state index in [1.165, 1.54) is 0 Å². The van der Waals surface area contributed by atoms with Crippen molar-refractivity contribution in [2.45, 2.75) is 12.5 Å². The van der Waals surface area contributed by atoms with Gasteiger partial charge in [0, 0.05) is 6.07 Å². The average molecular weight is 219 g/mol. The van der Waals surface area contributed by atoms with Gasteiger partial charge in [-0.3, -0.25) is 0 Å².